The third kappa shape index (κ3) is 6.47. The minimum atomic E-state index is -5.08. The molecule has 160 valence electrons. The predicted molar refractivity (Wildman–Crippen MR) is 101 cm³/mol. The number of aliphatic carboxylic acids is 1. The van der Waals surface area contributed by atoms with Gasteiger partial charge in [0, 0.05) is 23.5 Å². The van der Waals surface area contributed by atoms with E-state index >= 15 is 0 Å². The van der Waals surface area contributed by atoms with Crippen molar-refractivity contribution in [2.45, 2.75) is 32.5 Å². The zero-order valence-electron chi connectivity index (χ0n) is 16.1. The largest absolute Gasteiger partial charge is 0.490 e. The average Bonchev–Trinajstić information content (AvgIpc) is 3.35. The van der Waals surface area contributed by atoms with E-state index in [2.05, 4.69) is 44.5 Å². The summed E-state index contributed by atoms with van der Waals surface area (Å²) < 4.78 is 31.7. The lowest BCUT2D eigenvalue weighted by atomic mass is 9.98. The van der Waals surface area contributed by atoms with E-state index in [-0.39, 0.29) is 11.8 Å². The van der Waals surface area contributed by atoms with Crippen molar-refractivity contribution in [1.29, 1.82) is 0 Å². The summed E-state index contributed by atoms with van der Waals surface area (Å²) in [4.78, 5) is 28.3. The molecule has 4 N–H and O–H groups in total. The molecule has 1 amide bonds. The molecule has 2 aromatic heterocycles. The number of aromatic amines is 2. The van der Waals surface area contributed by atoms with Crippen LogP contribution in [0.4, 0.5) is 13.2 Å². The number of carboxylic acid groups (broad SMARTS) is 1. The van der Waals surface area contributed by atoms with Gasteiger partial charge in [0.25, 0.3) is 5.91 Å². The van der Waals surface area contributed by atoms with Gasteiger partial charge >= 0.3 is 12.1 Å². The maximum Gasteiger partial charge on any atom is 0.490 e. The van der Waals surface area contributed by atoms with Gasteiger partial charge in [-0.1, -0.05) is 37.3 Å². The number of aromatic nitrogens is 4. The second-order valence-electron chi connectivity index (χ2n) is 6.34. The van der Waals surface area contributed by atoms with E-state index in [0.717, 1.165) is 17.2 Å². The van der Waals surface area contributed by atoms with Crippen LogP contribution in [0.15, 0.2) is 42.6 Å². The second kappa shape index (κ2) is 9.72. The molecule has 0 radical (unpaired) electrons. The first-order valence-electron chi connectivity index (χ1n) is 8.77. The summed E-state index contributed by atoms with van der Waals surface area (Å²) >= 11 is 0. The van der Waals surface area contributed by atoms with Crippen molar-refractivity contribution >= 4 is 11.9 Å². The number of nitrogens with zero attached hydrogens (tertiary/aromatic N) is 2. The number of hydrogen-bond acceptors (Lipinski definition) is 4. The number of nitrogens with one attached hydrogen (secondary N) is 3. The van der Waals surface area contributed by atoms with E-state index in [9.17, 15) is 18.0 Å². The fraction of sp³-hybridized carbons (Fsp3) is 0.263. The highest BCUT2D eigenvalue weighted by atomic mass is 19.4. The Balaban J connectivity index is 0.000000396. The fourth-order valence-electron chi connectivity index (χ4n) is 2.41. The van der Waals surface area contributed by atoms with Crippen LogP contribution >= 0.6 is 0 Å². The highest BCUT2D eigenvalue weighted by Crippen LogP contribution is 2.22. The molecule has 0 saturated heterocycles. The minimum absolute atomic E-state index is 0.151. The molecule has 1 unspecified atom stereocenters. The molecule has 0 bridgehead atoms. The van der Waals surface area contributed by atoms with Gasteiger partial charge in [-0.2, -0.15) is 18.3 Å². The van der Waals surface area contributed by atoms with E-state index in [4.69, 9.17) is 9.90 Å². The summed E-state index contributed by atoms with van der Waals surface area (Å²) in [7, 11) is 0. The van der Waals surface area contributed by atoms with Crippen LogP contribution in [0, 0.1) is 6.92 Å². The monoisotopic (exact) mass is 423 g/mol. The molecular weight excluding hydrogens is 403 g/mol. The number of rotatable bonds is 5. The number of carbonyl (C=O) groups is 2. The van der Waals surface area contributed by atoms with Gasteiger partial charge < -0.3 is 15.4 Å². The van der Waals surface area contributed by atoms with Crippen molar-refractivity contribution in [3.63, 3.8) is 0 Å². The molecule has 0 aliphatic rings. The number of amides is 1. The number of carboxylic acids is 1. The predicted octanol–water partition coefficient (Wildman–Crippen LogP) is 3.16. The third-order valence-corrected chi connectivity index (χ3v) is 4.01. The van der Waals surface area contributed by atoms with E-state index in [0.29, 0.717) is 12.2 Å². The Hall–Kier alpha value is -3.63. The van der Waals surface area contributed by atoms with Gasteiger partial charge in [-0.3, -0.25) is 9.89 Å². The molecular formula is C19H20F3N5O3. The number of halogens is 3. The van der Waals surface area contributed by atoms with Crippen molar-refractivity contribution in [3.05, 3.63) is 71.1 Å². The SMILES string of the molecule is Cc1cnc(CNC(=O)c2cc(C(C)c3ccccc3)[nH]n2)[nH]1.O=C(O)C(F)(F)F. The van der Waals surface area contributed by atoms with E-state index < -0.39 is 12.1 Å². The molecule has 1 atom stereocenters. The molecule has 11 heteroatoms. The quantitative estimate of drug-likeness (QED) is 0.502. The third-order valence-electron chi connectivity index (χ3n) is 4.01. The summed E-state index contributed by atoms with van der Waals surface area (Å²) in [5.74, 6) is -2.10. The molecule has 0 aliphatic heterocycles. The smallest absolute Gasteiger partial charge is 0.475 e. The highest BCUT2D eigenvalue weighted by molar-refractivity contribution is 5.92. The lowest BCUT2D eigenvalue weighted by molar-refractivity contribution is -0.192. The first kappa shape index (κ1) is 22.7. The highest BCUT2D eigenvalue weighted by Gasteiger charge is 2.38. The fourth-order valence-corrected chi connectivity index (χ4v) is 2.41. The van der Waals surface area contributed by atoms with Crippen molar-refractivity contribution in [1.82, 2.24) is 25.5 Å². The van der Waals surface area contributed by atoms with E-state index in [1.54, 1.807) is 12.3 Å². The van der Waals surface area contributed by atoms with Crippen molar-refractivity contribution in [2.75, 3.05) is 0 Å². The Morgan fingerprint density at radius 1 is 1.23 bits per heavy atom. The standard InChI is InChI=1S/C17H19N5O.C2HF3O2/c1-11-9-18-16(20-11)10-19-17(23)15-8-14(21-22-15)12(2)13-6-4-3-5-7-13;3-2(4,5)1(6)7/h3-9,12H,10H2,1-2H3,(H,18,20)(H,19,23)(H,21,22);(H,6,7). The molecule has 3 rings (SSSR count). The average molecular weight is 423 g/mol. The number of aryl methyl sites for hydroxylation is 1. The van der Waals surface area contributed by atoms with Crippen LogP contribution in [0.2, 0.25) is 0 Å². The maximum atomic E-state index is 12.2. The van der Waals surface area contributed by atoms with Gasteiger partial charge in [-0.15, -0.1) is 0 Å². The molecule has 0 saturated carbocycles. The summed E-state index contributed by atoms with van der Waals surface area (Å²) in [6.07, 6.45) is -3.35. The Bertz CT molecular complexity index is 983. The van der Waals surface area contributed by atoms with Crippen molar-refractivity contribution < 1.29 is 27.9 Å². The van der Waals surface area contributed by atoms with Crippen LogP contribution < -0.4 is 5.32 Å². The maximum absolute atomic E-state index is 12.2. The van der Waals surface area contributed by atoms with Crippen LogP contribution in [-0.2, 0) is 11.3 Å². The number of hydrogen-bond donors (Lipinski definition) is 4. The summed E-state index contributed by atoms with van der Waals surface area (Å²) in [6, 6.07) is 11.9. The van der Waals surface area contributed by atoms with Crippen LogP contribution in [-0.4, -0.2) is 43.3 Å². The van der Waals surface area contributed by atoms with Crippen LogP contribution in [0.1, 0.15) is 46.1 Å². The molecule has 1 aromatic carbocycles. The minimum Gasteiger partial charge on any atom is -0.475 e. The van der Waals surface area contributed by atoms with Crippen LogP contribution in [0.25, 0.3) is 0 Å². The Kier molecular flexibility index (Phi) is 7.34. The van der Waals surface area contributed by atoms with Gasteiger partial charge in [-0.05, 0) is 18.6 Å². The lowest BCUT2D eigenvalue weighted by Crippen LogP contribution is -2.23. The molecule has 0 aliphatic carbocycles. The van der Waals surface area contributed by atoms with Gasteiger partial charge in [0.2, 0.25) is 0 Å². The topological polar surface area (TPSA) is 124 Å². The zero-order chi connectivity index (χ0) is 22.3. The van der Waals surface area contributed by atoms with Crippen molar-refractivity contribution in [2.24, 2.45) is 0 Å². The van der Waals surface area contributed by atoms with Crippen LogP contribution in [0.3, 0.4) is 0 Å². The number of carbonyl (C=O) groups excluding carboxylic acids is 1. The van der Waals surface area contributed by atoms with Crippen molar-refractivity contribution in [3.8, 4) is 0 Å². The van der Waals surface area contributed by atoms with Gasteiger partial charge in [0.1, 0.15) is 11.5 Å². The molecule has 2 heterocycles. The summed E-state index contributed by atoms with van der Waals surface area (Å²) in [5, 5.41) is 17.0. The Morgan fingerprint density at radius 2 is 1.87 bits per heavy atom. The number of benzene rings is 1. The summed E-state index contributed by atoms with van der Waals surface area (Å²) in [5.41, 5.74) is 3.43. The number of imidazole rings is 1. The van der Waals surface area contributed by atoms with E-state index in [1.807, 2.05) is 25.1 Å². The van der Waals surface area contributed by atoms with Gasteiger partial charge in [0.05, 0.1) is 6.54 Å². The molecule has 0 spiro atoms. The first-order valence-corrected chi connectivity index (χ1v) is 8.77. The second-order valence-corrected chi connectivity index (χ2v) is 6.34. The number of H-pyrrole nitrogens is 2. The Labute approximate surface area is 169 Å². The molecule has 30 heavy (non-hydrogen) atoms. The van der Waals surface area contributed by atoms with Gasteiger partial charge in [0.15, 0.2) is 0 Å². The van der Waals surface area contributed by atoms with Crippen LogP contribution in [0.5, 0.6) is 0 Å². The number of alkyl halides is 3. The van der Waals surface area contributed by atoms with Gasteiger partial charge in [-0.25, -0.2) is 9.78 Å². The molecule has 0 fully saturated rings. The molecule has 8 nitrogen and oxygen atoms in total. The first-order chi connectivity index (χ1) is 14.1. The Morgan fingerprint density at radius 3 is 2.40 bits per heavy atom. The normalized spacial score (nSPS) is 11.9. The molecule has 3 aromatic rings. The van der Waals surface area contributed by atoms with E-state index in [1.165, 1.54) is 5.56 Å². The zero-order valence-corrected chi connectivity index (χ0v) is 16.1. The summed E-state index contributed by atoms with van der Waals surface area (Å²) in [6.45, 7) is 4.35. The lowest BCUT2D eigenvalue weighted by Gasteiger charge is -2.08.